The maximum absolute atomic E-state index is 13.7. The van der Waals surface area contributed by atoms with E-state index in [2.05, 4.69) is 0 Å². The van der Waals surface area contributed by atoms with Crippen molar-refractivity contribution in [3.8, 4) is 5.75 Å². The summed E-state index contributed by atoms with van der Waals surface area (Å²) in [6.07, 6.45) is 7.45. The van der Waals surface area contributed by atoms with Gasteiger partial charge in [0, 0.05) is 25.7 Å². The van der Waals surface area contributed by atoms with Gasteiger partial charge in [0.05, 0.1) is 16.9 Å². The van der Waals surface area contributed by atoms with Crippen LogP contribution in [0.4, 0.5) is 0 Å². The van der Waals surface area contributed by atoms with Crippen molar-refractivity contribution in [1.29, 1.82) is 0 Å². The minimum Gasteiger partial charge on any atom is -0.497 e. The lowest BCUT2D eigenvalue weighted by Crippen LogP contribution is -2.38. The zero-order valence-electron chi connectivity index (χ0n) is 19.7. The van der Waals surface area contributed by atoms with Crippen LogP contribution in [0.25, 0.3) is 0 Å². The van der Waals surface area contributed by atoms with Gasteiger partial charge in [0.1, 0.15) is 5.75 Å². The quantitative estimate of drug-likeness (QED) is 0.530. The number of hydrogen-bond donors (Lipinski definition) is 0. The van der Waals surface area contributed by atoms with E-state index in [4.69, 9.17) is 4.74 Å². The van der Waals surface area contributed by atoms with Gasteiger partial charge < -0.3 is 4.74 Å². The van der Waals surface area contributed by atoms with Crippen molar-refractivity contribution in [3.05, 3.63) is 54.1 Å². The Balaban J connectivity index is 1.59. The predicted molar refractivity (Wildman–Crippen MR) is 132 cm³/mol. The van der Waals surface area contributed by atoms with Gasteiger partial charge >= 0.3 is 0 Å². The van der Waals surface area contributed by atoms with Crippen LogP contribution in [0.15, 0.2) is 58.3 Å². The molecule has 1 aliphatic carbocycles. The Morgan fingerprint density at radius 3 is 1.91 bits per heavy atom. The molecule has 0 atom stereocenters. The van der Waals surface area contributed by atoms with Crippen LogP contribution in [0, 0.1) is 0 Å². The molecule has 1 saturated heterocycles. The second kappa shape index (κ2) is 10.8. The standard InChI is InChI=1S/C25H34N2O5S2/c1-32-23-12-10-21(11-13-23)20-27(22-8-4-5-9-22)34(30,31)25-16-14-24(15-17-25)33(28,29)26-18-6-2-3-7-19-26/h10-17,22H,2-9,18-20H2,1H3. The minimum atomic E-state index is -3.80. The summed E-state index contributed by atoms with van der Waals surface area (Å²) in [5.41, 5.74) is 0.886. The summed E-state index contributed by atoms with van der Waals surface area (Å²) in [4.78, 5) is 0.277. The number of rotatable bonds is 8. The van der Waals surface area contributed by atoms with E-state index < -0.39 is 20.0 Å². The highest BCUT2D eigenvalue weighted by atomic mass is 32.2. The molecule has 0 unspecified atom stereocenters. The number of methoxy groups -OCH3 is 1. The molecule has 1 heterocycles. The molecule has 186 valence electrons. The van der Waals surface area contributed by atoms with Crippen molar-refractivity contribution in [3.63, 3.8) is 0 Å². The van der Waals surface area contributed by atoms with Gasteiger partial charge in [-0.1, -0.05) is 37.8 Å². The Hall–Kier alpha value is -1.94. The van der Waals surface area contributed by atoms with E-state index >= 15 is 0 Å². The average molecular weight is 507 g/mol. The van der Waals surface area contributed by atoms with Gasteiger partial charge in [0.15, 0.2) is 0 Å². The number of hydrogen-bond acceptors (Lipinski definition) is 5. The van der Waals surface area contributed by atoms with Gasteiger partial charge in [-0.05, 0) is 67.6 Å². The number of nitrogens with zero attached hydrogens (tertiary/aromatic N) is 2. The number of sulfonamides is 2. The highest BCUT2D eigenvalue weighted by molar-refractivity contribution is 7.89. The minimum absolute atomic E-state index is 0.0624. The summed E-state index contributed by atoms with van der Waals surface area (Å²) in [5, 5.41) is 0. The van der Waals surface area contributed by atoms with Crippen LogP contribution in [0.2, 0.25) is 0 Å². The smallest absolute Gasteiger partial charge is 0.243 e. The van der Waals surface area contributed by atoms with Crippen LogP contribution in [0.1, 0.15) is 56.9 Å². The molecule has 0 aromatic heterocycles. The summed E-state index contributed by atoms with van der Waals surface area (Å²) >= 11 is 0. The van der Waals surface area contributed by atoms with Crippen molar-refractivity contribution in [2.24, 2.45) is 0 Å². The van der Waals surface area contributed by atoms with Crippen molar-refractivity contribution < 1.29 is 21.6 Å². The van der Waals surface area contributed by atoms with Crippen LogP contribution in [0.3, 0.4) is 0 Å². The first-order valence-corrected chi connectivity index (χ1v) is 15.0. The second-order valence-corrected chi connectivity index (χ2v) is 13.0. The zero-order valence-corrected chi connectivity index (χ0v) is 21.4. The van der Waals surface area contributed by atoms with E-state index in [0.717, 1.165) is 62.7 Å². The van der Waals surface area contributed by atoms with E-state index in [1.54, 1.807) is 11.4 Å². The van der Waals surface area contributed by atoms with Gasteiger partial charge in [-0.3, -0.25) is 0 Å². The van der Waals surface area contributed by atoms with Crippen LogP contribution in [0.5, 0.6) is 5.75 Å². The maximum atomic E-state index is 13.7. The maximum Gasteiger partial charge on any atom is 0.243 e. The van der Waals surface area contributed by atoms with E-state index in [1.807, 2.05) is 24.3 Å². The van der Waals surface area contributed by atoms with Crippen molar-refractivity contribution in [2.75, 3.05) is 20.2 Å². The van der Waals surface area contributed by atoms with E-state index in [1.165, 1.54) is 28.6 Å². The van der Waals surface area contributed by atoms with E-state index in [9.17, 15) is 16.8 Å². The summed E-state index contributed by atoms with van der Waals surface area (Å²) < 4.78 is 61.9. The average Bonchev–Trinajstić information content (AvgIpc) is 3.23. The fourth-order valence-corrected chi connectivity index (χ4v) is 8.05. The van der Waals surface area contributed by atoms with Gasteiger partial charge in [0.2, 0.25) is 20.0 Å². The number of benzene rings is 2. The Labute approximate surface area is 203 Å². The van der Waals surface area contributed by atoms with Crippen molar-refractivity contribution >= 4 is 20.0 Å². The van der Waals surface area contributed by atoms with Gasteiger partial charge in [-0.2, -0.15) is 8.61 Å². The molecule has 0 amide bonds. The molecule has 2 aromatic rings. The topological polar surface area (TPSA) is 84.0 Å². The van der Waals surface area contributed by atoms with Crippen LogP contribution >= 0.6 is 0 Å². The molecule has 34 heavy (non-hydrogen) atoms. The first-order chi connectivity index (χ1) is 16.3. The molecule has 1 saturated carbocycles. The predicted octanol–water partition coefficient (Wildman–Crippen LogP) is 4.39. The van der Waals surface area contributed by atoms with Crippen LogP contribution in [-0.2, 0) is 26.6 Å². The van der Waals surface area contributed by atoms with Gasteiger partial charge in [0.25, 0.3) is 0 Å². The van der Waals surface area contributed by atoms with Crippen LogP contribution in [-0.4, -0.2) is 51.7 Å². The molecular formula is C25H34N2O5S2. The fourth-order valence-electron chi connectivity index (χ4n) is 4.86. The third-order valence-electron chi connectivity index (χ3n) is 6.86. The van der Waals surface area contributed by atoms with Crippen LogP contribution < -0.4 is 4.74 Å². The molecule has 0 N–H and O–H groups in total. The second-order valence-electron chi connectivity index (χ2n) is 9.13. The summed E-state index contributed by atoms with van der Waals surface area (Å²) in [5.74, 6) is 0.722. The zero-order chi connectivity index (χ0) is 24.2. The Morgan fingerprint density at radius 2 is 1.35 bits per heavy atom. The Bertz CT molecular complexity index is 1150. The van der Waals surface area contributed by atoms with Gasteiger partial charge in [-0.25, -0.2) is 16.8 Å². The normalized spacial score (nSPS) is 18.8. The fraction of sp³-hybridized carbons (Fsp3) is 0.520. The molecule has 1 aliphatic heterocycles. The molecule has 7 nitrogen and oxygen atoms in total. The molecule has 4 rings (SSSR count). The monoisotopic (exact) mass is 506 g/mol. The third-order valence-corrected chi connectivity index (χ3v) is 10.7. The molecule has 0 spiro atoms. The molecule has 2 fully saturated rings. The SMILES string of the molecule is COc1ccc(CN(C2CCCC2)S(=O)(=O)c2ccc(S(=O)(=O)N3CCCCCC3)cc2)cc1. The number of ether oxygens (including phenoxy) is 1. The lowest BCUT2D eigenvalue weighted by Gasteiger charge is -2.28. The highest BCUT2D eigenvalue weighted by Crippen LogP contribution is 2.31. The highest BCUT2D eigenvalue weighted by Gasteiger charge is 2.34. The molecule has 2 aromatic carbocycles. The third kappa shape index (κ3) is 5.48. The molecule has 0 bridgehead atoms. The van der Waals surface area contributed by atoms with E-state index in [0.29, 0.717) is 13.1 Å². The summed E-state index contributed by atoms with van der Waals surface area (Å²) in [6, 6.07) is 13.1. The summed E-state index contributed by atoms with van der Waals surface area (Å²) in [6.45, 7) is 1.30. The molecule has 2 aliphatic rings. The first-order valence-electron chi connectivity index (χ1n) is 12.1. The van der Waals surface area contributed by atoms with Crippen molar-refractivity contribution in [2.45, 2.75) is 73.7 Å². The molecule has 9 heteroatoms. The van der Waals surface area contributed by atoms with E-state index in [-0.39, 0.29) is 22.4 Å². The lowest BCUT2D eigenvalue weighted by molar-refractivity contribution is 0.316. The summed E-state index contributed by atoms with van der Waals surface area (Å²) in [7, 11) is -5.83. The first kappa shape index (κ1) is 25.2. The Morgan fingerprint density at radius 1 is 0.794 bits per heavy atom. The Kier molecular flexibility index (Phi) is 7.97. The van der Waals surface area contributed by atoms with Gasteiger partial charge in [-0.15, -0.1) is 0 Å². The van der Waals surface area contributed by atoms with Crippen molar-refractivity contribution in [1.82, 2.24) is 8.61 Å². The lowest BCUT2D eigenvalue weighted by atomic mass is 10.2. The largest absolute Gasteiger partial charge is 0.497 e. The molecular weight excluding hydrogens is 472 g/mol. The molecule has 0 radical (unpaired) electrons.